The number of rotatable bonds is 0. The maximum Gasteiger partial charge on any atom is 0.0972 e. The molecule has 0 saturated heterocycles. The first-order chi connectivity index (χ1) is 8.12. The number of hydrogen-bond donors (Lipinski definition) is 0. The summed E-state index contributed by atoms with van der Waals surface area (Å²) in [5, 5.41) is 0. The van der Waals surface area contributed by atoms with Crippen molar-refractivity contribution in [1.29, 1.82) is 0 Å². The Morgan fingerprint density at radius 1 is 0.941 bits per heavy atom. The van der Waals surface area contributed by atoms with Crippen molar-refractivity contribution in [1.82, 2.24) is 0 Å². The number of halogens is 3. The van der Waals surface area contributed by atoms with Crippen LogP contribution in [-0.2, 0) is 0 Å². The van der Waals surface area contributed by atoms with Crippen LogP contribution in [0.1, 0.15) is 23.0 Å². The van der Waals surface area contributed by atoms with E-state index in [9.17, 15) is 0 Å². The van der Waals surface area contributed by atoms with Crippen molar-refractivity contribution in [2.45, 2.75) is 19.9 Å². The van der Waals surface area contributed by atoms with E-state index in [0.717, 1.165) is 5.92 Å². The predicted molar refractivity (Wildman–Crippen MR) is 81.3 cm³/mol. The lowest BCUT2D eigenvalue weighted by molar-refractivity contribution is 0.130. The molecule has 0 radical (unpaired) electrons. The second-order valence-electron chi connectivity index (χ2n) is 5.24. The fraction of sp³-hybridized carbons (Fsp3) is 0.429. The first-order valence-corrected chi connectivity index (χ1v) is 8.41. The lowest BCUT2D eigenvalue weighted by Crippen LogP contribution is -2.62. The number of benzene rings is 1. The standard InChI is InChI=1S/C14H11Br3/c15-13-11-9-5-6-10(12(11)14(13,16)17)8-4-2-1-3-7(8)9/h1-6,9-13H/t9-,10+,11+,12+,13+/m1/s1. The molecule has 0 aliphatic heterocycles. The summed E-state index contributed by atoms with van der Waals surface area (Å²) in [5.41, 5.74) is 3.07. The van der Waals surface area contributed by atoms with E-state index in [1.165, 1.54) is 5.56 Å². The summed E-state index contributed by atoms with van der Waals surface area (Å²) in [6.07, 6.45) is 4.82. The van der Waals surface area contributed by atoms with Crippen molar-refractivity contribution >= 4 is 47.8 Å². The van der Waals surface area contributed by atoms with E-state index in [4.69, 9.17) is 0 Å². The second-order valence-corrected chi connectivity index (χ2v) is 9.92. The van der Waals surface area contributed by atoms with E-state index in [-0.39, 0.29) is 3.23 Å². The maximum atomic E-state index is 3.86. The average molecular weight is 419 g/mol. The first-order valence-electron chi connectivity index (χ1n) is 5.91. The summed E-state index contributed by atoms with van der Waals surface area (Å²) in [4.78, 5) is 0.505. The Morgan fingerprint density at radius 3 is 2.24 bits per heavy atom. The molecule has 0 unspecified atom stereocenters. The molecule has 0 aromatic heterocycles. The highest BCUT2D eigenvalue weighted by Gasteiger charge is 2.66. The molecule has 1 saturated carbocycles. The van der Waals surface area contributed by atoms with Crippen LogP contribution in [0.3, 0.4) is 0 Å². The fourth-order valence-electron chi connectivity index (χ4n) is 3.86. The quantitative estimate of drug-likeness (QED) is 0.414. The van der Waals surface area contributed by atoms with Crippen molar-refractivity contribution in [2.24, 2.45) is 11.8 Å². The monoisotopic (exact) mass is 416 g/mol. The van der Waals surface area contributed by atoms with Crippen LogP contribution in [0.5, 0.6) is 0 Å². The average Bonchev–Trinajstić information content (AvgIpc) is 2.38. The topological polar surface area (TPSA) is 0 Å². The second kappa shape index (κ2) is 3.49. The molecule has 0 N–H and O–H groups in total. The third-order valence-electron chi connectivity index (χ3n) is 4.61. The zero-order valence-electron chi connectivity index (χ0n) is 8.98. The van der Waals surface area contributed by atoms with Gasteiger partial charge in [0.15, 0.2) is 0 Å². The van der Waals surface area contributed by atoms with Crippen LogP contribution in [0.15, 0.2) is 36.4 Å². The first kappa shape index (κ1) is 11.2. The summed E-state index contributed by atoms with van der Waals surface area (Å²) in [6.45, 7) is 0. The van der Waals surface area contributed by atoms with Gasteiger partial charge in [-0.25, -0.2) is 0 Å². The molecule has 0 heterocycles. The molecule has 4 aliphatic rings. The molecular formula is C14H11Br3. The van der Waals surface area contributed by atoms with Gasteiger partial charge in [-0.15, -0.1) is 0 Å². The number of alkyl halides is 3. The molecule has 2 bridgehead atoms. The van der Waals surface area contributed by atoms with Crippen molar-refractivity contribution in [2.75, 3.05) is 0 Å². The van der Waals surface area contributed by atoms with Crippen molar-refractivity contribution in [3.05, 3.63) is 47.5 Å². The highest BCUT2D eigenvalue weighted by Crippen LogP contribution is 2.70. The largest absolute Gasteiger partial charge is 0.0972 e. The Balaban J connectivity index is 1.91. The highest BCUT2D eigenvalue weighted by molar-refractivity contribution is 9.26. The molecule has 0 amide bonds. The van der Waals surface area contributed by atoms with Gasteiger partial charge in [-0.3, -0.25) is 0 Å². The van der Waals surface area contributed by atoms with Crippen molar-refractivity contribution < 1.29 is 0 Å². The fourth-order valence-corrected chi connectivity index (χ4v) is 6.61. The minimum atomic E-state index is 0.0614. The Hall–Kier alpha value is 0.400. The Kier molecular flexibility index (Phi) is 2.31. The molecular weight excluding hydrogens is 408 g/mol. The predicted octanol–water partition coefficient (Wildman–Crippen LogP) is 4.93. The lowest BCUT2D eigenvalue weighted by Gasteiger charge is -2.62. The zero-order valence-corrected chi connectivity index (χ0v) is 13.7. The van der Waals surface area contributed by atoms with Gasteiger partial charge in [0, 0.05) is 22.6 Å². The van der Waals surface area contributed by atoms with Crippen LogP contribution in [-0.4, -0.2) is 8.06 Å². The van der Waals surface area contributed by atoms with Crippen molar-refractivity contribution in [3.8, 4) is 0 Å². The molecule has 88 valence electrons. The minimum absolute atomic E-state index is 0.0614. The maximum absolute atomic E-state index is 3.86. The molecule has 1 fully saturated rings. The van der Waals surface area contributed by atoms with Crippen LogP contribution in [0.25, 0.3) is 0 Å². The van der Waals surface area contributed by atoms with E-state index in [1.54, 1.807) is 5.56 Å². The van der Waals surface area contributed by atoms with Crippen molar-refractivity contribution in [3.63, 3.8) is 0 Å². The van der Waals surface area contributed by atoms with Gasteiger partial charge in [0.2, 0.25) is 0 Å². The van der Waals surface area contributed by atoms with E-state index >= 15 is 0 Å². The zero-order chi connectivity index (χ0) is 11.8. The molecule has 5 rings (SSSR count). The molecule has 3 heteroatoms. The van der Waals surface area contributed by atoms with Gasteiger partial charge < -0.3 is 0 Å². The van der Waals surface area contributed by atoms with Crippen LogP contribution < -0.4 is 0 Å². The van der Waals surface area contributed by atoms with Crippen LogP contribution in [0.2, 0.25) is 0 Å². The third-order valence-corrected chi connectivity index (χ3v) is 9.21. The number of allylic oxidation sites excluding steroid dienone is 2. The van der Waals surface area contributed by atoms with Gasteiger partial charge in [-0.2, -0.15) is 0 Å². The van der Waals surface area contributed by atoms with Gasteiger partial charge in [-0.05, 0) is 17.0 Å². The Morgan fingerprint density at radius 2 is 1.53 bits per heavy atom. The molecule has 4 aliphatic carbocycles. The van der Waals surface area contributed by atoms with Crippen LogP contribution >= 0.6 is 47.8 Å². The summed E-state index contributed by atoms with van der Waals surface area (Å²) >= 11 is 11.6. The summed E-state index contributed by atoms with van der Waals surface area (Å²) in [5.74, 6) is 2.54. The van der Waals surface area contributed by atoms with Gasteiger partial charge in [0.05, 0.1) is 3.23 Å². The number of hydrogen-bond acceptors (Lipinski definition) is 0. The van der Waals surface area contributed by atoms with Crippen LogP contribution in [0, 0.1) is 11.8 Å². The third kappa shape index (κ3) is 1.24. The van der Waals surface area contributed by atoms with E-state index in [1.807, 2.05) is 0 Å². The van der Waals surface area contributed by atoms with Gasteiger partial charge in [0.1, 0.15) is 0 Å². The van der Waals surface area contributed by atoms with E-state index in [0.29, 0.717) is 22.6 Å². The lowest BCUT2D eigenvalue weighted by atomic mass is 9.51. The summed E-state index contributed by atoms with van der Waals surface area (Å²) < 4.78 is 0.0614. The normalized spacial score (nSPS) is 43.8. The highest BCUT2D eigenvalue weighted by atomic mass is 79.9. The molecule has 17 heavy (non-hydrogen) atoms. The Bertz CT molecular complexity index is 520. The Labute approximate surface area is 126 Å². The van der Waals surface area contributed by atoms with Gasteiger partial charge in [0.25, 0.3) is 0 Å². The molecule has 1 aromatic rings. The molecule has 0 spiro atoms. The van der Waals surface area contributed by atoms with E-state index in [2.05, 4.69) is 84.2 Å². The summed E-state index contributed by atoms with van der Waals surface area (Å²) in [7, 11) is 0. The van der Waals surface area contributed by atoms with Gasteiger partial charge in [-0.1, -0.05) is 84.2 Å². The van der Waals surface area contributed by atoms with Crippen LogP contribution in [0.4, 0.5) is 0 Å². The molecule has 5 atom stereocenters. The SMILES string of the molecule is Br[C@H]1[C@@H]2[C@H]([C@H]3C=C[C@@H]2c2ccccc23)C1(Br)Br. The minimum Gasteiger partial charge on any atom is -0.0862 e. The summed E-state index contributed by atoms with van der Waals surface area (Å²) in [6, 6.07) is 8.93. The molecule has 1 aromatic carbocycles. The smallest absolute Gasteiger partial charge is 0.0862 e. The van der Waals surface area contributed by atoms with Gasteiger partial charge >= 0.3 is 0 Å². The van der Waals surface area contributed by atoms with E-state index < -0.39 is 0 Å². The molecule has 0 nitrogen and oxygen atoms in total.